The van der Waals surface area contributed by atoms with Crippen molar-refractivity contribution in [3.63, 3.8) is 0 Å². The van der Waals surface area contributed by atoms with Crippen LogP contribution in [0, 0.1) is 27.7 Å². The minimum atomic E-state index is 0. The number of fused-ring (bicyclic) bond motifs is 4. The summed E-state index contributed by atoms with van der Waals surface area (Å²) in [5.74, 6) is 0. The molecule has 0 atom stereocenters. The van der Waals surface area contributed by atoms with E-state index < -0.39 is 0 Å². The van der Waals surface area contributed by atoms with Gasteiger partial charge in [-0.1, -0.05) is 313 Å². The second kappa shape index (κ2) is 26.1. The normalized spacial score (nSPS) is 11.8. The van der Waals surface area contributed by atoms with Crippen molar-refractivity contribution in [2.45, 2.75) is 27.7 Å². The molecule has 514 valence electrons. The molecular formula is C104H68N4Pt. The van der Waals surface area contributed by atoms with Crippen LogP contribution < -0.4 is 9.97 Å². The maximum absolute atomic E-state index is 6.39. The summed E-state index contributed by atoms with van der Waals surface area (Å²) < 4.78 is 0. The second-order valence-electron chi connectivity index (χ2n) is 29.5. The number of benzene rings is 16. The molecule has 5 heteroatoms. The van der Waals surface area contributed by atoms with Gasteiger partial charge in [-0.05, 0) is 230 Å². The first-order chi connectivity index (χ1) is 53.1. The average molecular weight is 1570 g/mol. The van der Waals surface area contributed by atoms with E-state index in [9.17, 15) is 0 Å². The van der Waals surface area contributed by atoms with Crippen LogP contribution in [0.4, 0.5) is 0 Å². The third-order valence-corrected chi connectivity index (χ3v) is 22.6. The summed E-state index contributed by atoms with van der Waals surface area (Å²) >= 11 is 0. The number of hydrogen-bond donors (Lipinski definition) is 0. The molecule has 21 rings (SSSR count). The molecule has 16 aromatic carbocycles. The Morgan fingerprint density at radius 2 is 0.339 bits per heavy atom. The number of aryl methyl sites for hydroxylation is 4. The van der Waals surface area contributed by atoms with Crippen LogP contribution in [0.5, 0.6) is 0 Å². The monoisotopic (exact) mass is 1570 g/mol. The van der Waals surface area contributed by atoms with Crippen molar-refractivity contribution in [2.75, 3.05) is 0 Å². The van der Waals surface area contributed by atoms with Crippen LogP contribution in [0.25, 0.3) is 221 Å². The molecule has 0 saturated heterocycles. The fraction of sp³-hybridized carbons (Fsp3) is 0.0385. The summed E-state index contributed by atoms with van der Waals surface area (Å²) in [6, 6.07) is 126. The zero-order chi connectivity index (χ0) is 71.8. The Morgan fingerprint density at radius 1 is 0.183 bits per heavy atom. The van der Waals surface area contributed by atoms with Gasteiger partial charge in [-0.3, -0.25) is 0 Å². The Labute approximate surface area is 646 Å². The first kappa shape index (κ1) is 65.4. The Balaban J connectivity index is 0.00000780. The Hall–Kier alpha value is -13.1. The molecule has 2 aromatic heterocycles. The second-order valence-corrected chi connectivity index (χ2v) is 29.5. The molecule has 0 unspecified atom stereocenters. The first-order valence-electron chi connectivity index (χ1n) is 37.3. The van der Waals surface area contributed by atoms with Crippen molar-refractivity contribution in [2.24, 2.45) is 0 Å². The van der Waals surface area contributed by atoms with Gasteiger partial charge in [0, 0.05) is 22.3 Å². The maximum Gasteiger partial charge on any atom is 2.00 e. The van der Waals surface area contributed by atoms with Crippen LogP contribution in [0.1, 0.15) is 22.3 Å². The van der Waals surface area contributed by atoms with Gasteiger partial charge < -0.3 is 9.97 Å². The molecule has 109 heavy (non-hydrogen) atoms. The molecule has 8 bridgehead atoms. The molecular weight excluding hydrogens is 1500 g/mol. The average Bonchev–Trinajstić information content (AvgIpc) is 1.55. The van der Waals surface area contributed by atoms with E-state index in [-0.39, 0.29) is 21.1 Å². The summed E-state index contributed by atoms with van der Waals surface area (Å²) in [7, 11) is 0. The molecule has 4 nitrogen and oxygen atoms in total. The van der Waals surface area contributed by atoms with Crippen LogP contribution in [-0.4, -0.2) is 9.97 Å². The van der Waals surface area contributed by atoms with Gasteiger partial charge in [0.15, 0.2) is 0 Å². The molecule has 0 amide bonds. The van der Waals surface area contributed by atoms with Gasteiger partial charge >= 0.3 is 21.1 Å². The standard InChI is InChI=1S/C104H68N4.Pt/c1-61-21-29-65(30-22-61)69-37-45-73(46-38-69)93-97-85-53-77-13-5-7-15-79(77)55-87(85)99(105-97)94(74-47-39-70(40-48-74)66-31-23-62(2)24-32-66)101-89-57-81-17-9-11-19-83(81)59-91(89)103(107-101)96(76-51-43-72(44-52-76)68-35-27-64(4)28-36-68)104-92-60-84-20-12-10-18-82(84)58-90(92)102(108-104)95(75-49-41-71(42-50-75)67-33-25-63(3)26-34-67)100-88-56-80-16-8-6-14-78(80)54-86(88)98(93)106-100;/h5-60H,1-4H3;/q-2;+2. The summed E-state index contributed by atoms with van der Waals surface area (Å²) in [6.45, 7) is 8.58. The minimum absolute atomic E-state index is 0. The van der Waals surface area contributed by atoms with Gasteiger partial charge in [-0.15, -0.1) is 22.1 Å². The van der Waals surface area contributed by atoms with E-state index in [1.54, 1.807) is 0 Å². The minimum Gasteiger partial charge on any atom is -0.656 e. The van der Waals surface area contributed by atoms with Gasteiger partial charge in [-0.25, -0.2) is 9.97 Å². The van der Waals surface area contributed by atoms with Gasteiger partial charge in [0.1, 0.15) is 0 Å². The van der Waals surface area contributed by atoms with Crippen molar-refractivity contribution >= 4 is 86.7 Å². The van der Waals surface area contributed by atoms with E-state index in [0.29, 0.717) is 0 Å². The van der Waals surface area contributed by atoms with E-state index in [0.717, 1.165) is 221 Å². The number of rotatable bonds is 8. The van der Waals surface area contributed by atoms with E-state index in [2.05, 4.69) is 367 Å². The van der Waals surface area contributed by atoms with Crippen molar-refractivity contribution in [1.82, 2.24) is 19.9 Å². The number of aromatic nitrogens is 4. The maximum atomic E-state index is 6.39. The van der Waals surface area contributed by atoms with Crippen molar-refractivity contribution in [3.8, 4) is 134 Å². The van der Waals surface area contributed by atoms with E-state index in [1.807, 2.05) is 0 Å². The van der Waals surface area contributed by atoms with Crippen LogP contribution in [0.3, 0.4) is 0 Å². The Kier molecular flexibility index (Phi) is 15.7. The van der Waals surface area contributed by atoms with Crippen molar-refractivity contribution < 1.29 is 21.1 Å². The number of nitrogens with zero attached hydrogens (tertiary/aromatic N) is 4. The fourth-order valence-corrected chi connectivity index (χ4v) is 16.8. The van der Waals surface area contributed by atoms with Crippen molar-refractivity contribution in [3.05, 3.63) is 362 Å². The topological polar surface area (TPSA) is 54.0 Å². The number of hydrogen-bond acceptors (Lipinski definition) is 2. The van der Waals surface area contributed by atoms with E-state index in [4.69, 9.17) is 19.9 Å². The zero-order valence-electron chi connectivity index (χ0n) is 60.4. The quantitative estimate of drug-likeness (QED) is 0.152. The van der Waals surface area contributed by atoms with Gasteiger partial charge in [-0.2, -0.15) is 0 Å². The van der Waals surface area contributed by atoms with Gasteiger partial charge in [0.2, 0.25) is 0 Å². The molecule has 2 aliphatic heterocycles. The largest absolute Gasteiger partial charge is 2.00 e. The van der Waals surface area contributed by atoms with Gasteiger partial charge in [0.25, 0.3) is 0 Å². The molecule has 0 saturated carbocycles. The molecule has 18 aromatic rings. The van der Waals surface area contributed by atoms with Crippen molar-refractivity contribution in [1.29, 1.82) is 0 Å². The zero-order valence-corrected chi connectivity index (χ0v) is 62.7. The Morgan fingerprint density at radius 3 is 0.523 bits per heavy atom. The summed E-state index contributed by atoms with van der Waals surface area (Å²) in [5, 5.41) is 12.9. The molecule has 0 fully saturated rings. The van der Waals surface area contributed by atoms with E-state index >= 15 is 0 Å². The molecule has 3 aliphatic rings. The Bertz CT molecular complexity index is 6260. The molecule has 4 heterocycles. The van der Waals surface area contributed by atoms with Crippen LogP contribution in [0.2, 0.25) is 0 Å². The summed E-state index contributed by atoms with van der Waals surface area (Å²) in [5.41, 5.74) is 32.2. The van der Waals surface area contributed by atoms with Crippen LogP contribution >= 0.6 is 0 Å². The first-order valence-corrected chi connectivity index (χ1v) is 37.3. The smallest absolute Gasteiger partial charge is 0.656 e. The molecule has 0 spiro atoms. The molecule has 0 N–H and O–H groups in total. The predicted molar refractivity (Wildman–Crippen MR) is 455 cm³/mol. The molecule has 1 aliphatic carbocycles. The molecule has 0 radical (unpaired) electrons. The van der Waals surface area contributed by atoms with Crippen LogP contribution in [0.15, 0.2) is 340 Å². The fourth-order valence-electron chi connectivity index (χ4n) is 16.8. The van der Waals surface area contributed by atoms with E-state index in [1.165, 1.54) is 22.3 Å². The predicted octanol–water partition coefficient (Wildman–Crippen LogP) is 27.7. The van der Waals surface area contributed by atoms with Crippen LogP contribution in [-0.2, 0) is 21.1 Å². The third-order valence-electron chi connectivity index (χ3n) is 22.6. The third kappa shape index (κ3) is 11.2. The van der Waals surface area contributed by atoms with Gasteiger partial charge in [0.05, 0.1) is 22.8 Å². The SMILES string of the molecule is Cc1ccc(-c2ccc(-c3c4nc(c(-c5ccc(-c6ccc(C)cc6)cc5)c5[n-]c(c(-c6ccc(-c7ccc(C)cc7)cc6)c6nc(c(-c7ccc(-c8ccc(C)cc8)cc7)c7[n-]c3c3cc8ccccc8cc73)-c3cc7ccccc7cc3-6)c3cc6ccccc6cc53)-c3cc5ccccc5cc3-4)cc2)cc1.[Pt+2]. The summed E-state index contributed by atoms with van der Waals surface area (Å²) in [4.78, 5) is 25.6. The summed E-state index contributed by atoms with van der Waals surface area (Å²) in [6.07, 6.45) is 0.